The minimum atomic E-state index is -0.567. The molecule has 0 heterocycles. The molecule has 0 bridgehead atoms. The molecule has 0 aromatic heterocycles. The minimum absolute atomic E-state index is 0.0808. The highest BCUT2D eigenvalue weighted by atomic mass is 32.2. The number of benzene rings is 1. The number of hydrogen-bond acceptors (Lipinski definition) is 5. The summed E-state index contributed by atoms with van der Waals surface area (Å²) in [5.41, 5.74) is 6.12. The third-order valence-corrected chi connectivity index (χ3v) is 3.33. The first-order valence-corrected chi connectivity index (χ1v) is 7.39. The van der Waals surface area contributed by atoms with E-state index in [1.165, 1.54) is 13.2 Å². The van der Waals surface area contributed by atoms with E-state index in [0.29, 0.717) is 6.54 Å². The van der Waals surface area contributed by atoms with Gasteiger partial charge in [-0.15, -0.1) is 0 Å². The number of halogens is 1. The number of ether oxygens (including phenoxy) is 1. The SMILES string of the molecule is COC(=O)c1cc(NCCCCSC)c(F)cc1N. The normalized spacial score (nSPS) is 10.3. The molecule has 1 rings (SSSR count). The van der Waals surface area contributed by atoms with Gasteiger partial charge in [-0.25, -0.2) is 9.18 Å². The number of carbonyl (C=O) groups is 1. The summed E-state index contributed by atoms with van der Waals surface area (Å²) >= 11 is 1.78. The molecule has 0 aliphatic carbocycles. The molecule has 0 fully saturated rings. The van der Waals surface area contributed by atoms with Crippen molar-refractivity contribution < 1.29 is 13.9 Å². The third-order valence-electron chi connectivity index (χ3n) is 2.64. The van der Waals surface area contributed by atoms with Crippen molar-refractivity contribution in [2.45, 2.75) is 12.8 Å². The second kappa shape index (κ2) is 7.89. The summed E-state index contributed by atoms with van der Waals surface area (Å²) in [6.45, 7) is 0.655. The molecule has 0 unspecified atom stereocenters. The van der Waals surface area contributed by atoms with E-state index in [9.17, 15) is 9.18 Å². The zero-order chi connectivity index (χ0) is 14.3. The monoisotopic (exact) mass is 286 g/mol. The summed E-state index contributed by atoms with van der Waals surface area (Å²) < 4.78 is 18.3. The number of anilines is 2. The second-order valence-electron chi connectivity index (χ2n) is 4.04. The summed E-state index contributed by atoms with van der Waals surface area (Å²) in [5.74, 6) is 0.0530. The van der Waals surface area contributed by atoms with E-state index in [4.69, 9.17) is 5.73 Å². The van der Waals surface area contributed by atoms with E-state index in [-0.39, 0.29) is 16.9 Å². The number of hydrogen-bond donors (Lipinski definition) is 2. The van der Waals surface area contributed by atoms with Gasteiger partial charge in [0.1, 0.15) is 5.82 Å². The molecule has 0 aliphatic heterocycles. The van der Waals surface area contributed by atoms with Crippen molar-refractivity contribution in [3.05, 3.63) is 23.5 Å². The van der Waals surface area contributed by atoms with Gasteiger partial charge in [0.25, 0.3) is 0 Å². The maximum absolute atomic E-state index is 13.7. The van der Waals surface area contributed by atoms with E-state index in [2.05, 4.69) is 16.3 Å². The lowest BCUT2D eigenvalue weighted by Gasteiger charge is -2.11. The molecule has 4 nitrogen and oxygen atoms in total. The van der Waals surface area contributed by atoms with E-state index in [1.807, 2.05) is 0 Å². The van der Waals surface area contributed by atoms with Crippen molar-refractivity contribution >= 4 is 29.1 Å². The lowest BCUT2D eigenvalue weighted by Crippen LogP contribution is -2.10. The van der Waals surface area contributed by atoms with Crippen LogP contribution in [0.5, 0.6) is 0 Å². The van der Waals surface area contributed by atoms with Crippen LogP contribution in [0.3, 0.4) is 0 Å². The van der Waals surface area contributed by atoms with Gasteiger partial charge in [0.05, 0.1) is 18.4 Å². The Kier molecular flexibility index (Phi) is 6.49. The largest absolute Gasteiger partial charge is 0.465 e. The Labute approximate surface area is 116 Å². The number of nitrogen functional groups attached to an aromatic ring is 1. The van der Waals surface area contributed by atoms with Crippen molar-refractivity contribution in [3.63, 3.8) is 0 Å². The predicted molar refractivity (Wildman–Crippen MR) is 78.3 cm³/mol. The molecule has 0 amide bonds. The van der Waals surface area contributed by atoms with Crippen LogP contribution in [0.15, 0.2) is 12.1 Å². The molecule has 0 saturated heterocycles. The van der Waals surface area contributed by atoms with E-state index >= 15 is 0 Å². The molecule has 0 radical (unpaired) electrons. The molecule has 106 valence electrons. The maximum Gasteiger partial charge on any atom is 0.340 e. The summed E-state index contributed by atoms with van der Waals surface area (Å²) in [5, 5.41) is 2.97. The van der Waals surface area contributed by atoms with Crippen LogP contribution in [0, 0.1) is 5.82 Å². The molecule has 0 atom stereocenters. The molecule has 1 aromatic rings. The number of nitrogens with one attached hydrogen (secondary N) is 1. The summed E-state index contributed by atoms with van der Waals surface area (Å²) in [6, 6.07) is 2.53. The molecular formula is C13H19FN2O2S. The Bertz CT molecular complexity index is 441. The Morgan fingerprint density at radius 1 is 1.47 bits per heavy atom. The van der Waals surface area contributed by atoms with Gasteiger partial charge < -0.3 is 15.8 Å². The van der Waals surface area contributed by atoms with Gasteiger partial charge in [-0.05, 0) is 37.0 Å². The maximum atomic E-state index is 13.7. The van der Waals surface area contributed by atoms with Crippen molar-refractivity contribution in [1.29, 1.82) is 0 Å². The van der Waals surface area contributed by atoms with Crippen LogP contribution in [-0.2, 0) is 4.74 Å². The van der Waals surface area contributed by atoms with Gasteiger partial charge in [-0.1, -0.05) is 0 Å². The average Bonchev–Trinajstić information content (AvgIpc) is 2.39. The number of carbonyl (C=O) groups excluding carboxylic acids is 1. The van der Waals surface area contributed by atoms with Gasteiger partial charge in [-0.3, -0.25) is 0 Å². The number of thioether (sulfide) groups is 1. The molecule has 3 N–H and O–H groups in total. The first-order valence-electron chi connectivity index (χ1n) is 6.00. The second-order valence-corrected chi connectivity index (χ2v) is 5.02. The first-order chi connectivity index (χ1) is 9.10. The molecular weight excluding hydrogens is 267 g/mol. The highest BCUT2D eigenvalue weighted by molar-refractivity contribution is 7.98. The molecule has 19 heavy (non-hydrogen) atoms. The van der Waals surface area contributed by atoms with Crippen LogP contribution in [-0.4, -0.2) is 31.6 Å². The van der Waals surface area contributed by atoms with Gasteiger partial charge in [0.15, 0.2) is 0 Å². The van der Waals surface area contributed by atoms with Gasteiger partial charge in [-0.2, -0.15) is 11.8 Å². The quantitative estimate of drug-likeness (QED) is 0.458. The van der Waals surface area contributed by atoms with Crippen molar-refractivity contribution in [2.75, 3.05) is 36.7 Å². The fourth-order valence-electron chi connectivity index (χ4n) is 1.61. The van der Waals surface area contributed by atoms with Gasteiger partial charge in [0, 0.05) is 12.2 Å². The topological polar surface area (TPSA) is 64.3 Å². The van der Waals surface area contributed by atoms with E-state index in [1.54, 1.807) is 11.8 Å². The lowest BCUT2D eigenvalue weighted by atomic mass is 10.1. The highest BCUT2D eigenvalue weighted by Crippen LogP contribution is 2.23. The van der Waals surface area contributed by atoms with Crippen LogP contribution in [0.25, 0.3) is 0 Å². The number of nitrogens with two attached hydrogens (primary N) is 1. The Morgan fingerprint density at radius 3 is 2.84 bits per heavy atom. The molecule has 6 heteroatoms. The number of unbranched alkanes of at least 4 members (excludes halogenated alkanes) is 1. The van der Waals surface area contributed by atoms with Crippen molar-refractivity contribution in [3.8, 4) is 0 Å². The molecule has 0 aliphatic rings. The number of esters is 1. The first kappa shape index (κ1) is 15.6. The molecule has 0 saturated carbocycles. The summed E-state index contributed by atoms with van der Waals surface area (Å²) in [6.07, 6.45) is 4.06. The predicted octanol–water partition coefficient (Wildman–Crippen LogP) is 2.75. The van der Waals surface area contributed by atoms with Crippen LogP contribution >= 0.6 is 11.8 Å². The highest BCUT2D eigenvalue weighted by Gasteiger charge is 2.14. The lowest BCUT2D eigenvalue weighted by molar-refractivity contribution is 0.0602. The summed E-state index contributed by atoms with van der Waals surface area (Å²) in [7, 11) is 1.26. The van der Waals surface area contributed by atoms with Gasteiger partial charge >= 0.3 is 5.97 Å². The van der Waals surface area contributed by atoms with Crippen molar-refractivity contribution in [2.24, 2.45) is 0 Å². The standard InChI is InChI=1S/C13H19FN2O2S/c1-18-13(17)9-7-12(10(14)8-11(9)15)16-5-3-4-6-19-2/h7-8,16H,3-6,15H2,1-2H3. The smallest absolute Gasteiger partial charge is 0.340 e. The summed E-state index contributed by atoms with van der Waals surface area (Å²) in [4.78, 5) is 11.5. The zero-order valence-electron chi connectivity index (χ0n) is 11.2. The van der Waals surface area contributed by atoms with Crippen LogP contribution in [0.1, 0.15) is 23.2 Å². The van der Waals surface area contributed by atoms with Crippen LogP contribution < -0.4 is 11.1 Å². The Morgan fingerprint density at radius 2 is 2.21 bits per heavy atom. The third kappa shape index (κ3) is 4.63. The van der Waals surface area contributed by atoms with E-state index in [0.717, 1.165) is 24.7 Å². The number of rotatable bonds is 7. The van der Waals surface area contributed by atoms with Crippen LogP contribution in [0.4, 0.5) is 15.8 Å². The minimum Gasteiger partial charge on any atom is -0.465 e. The molecule has 0 spiro atoms. The zero-order valence-corrected chi connectivity index (χ0v) is 12.0. The Balaban J connectivity index is 2.69. The van der Waals surface area contributed by atoms with Crippen molar-refractivity contribution in [1.82, 2.24) is 0 Å². The van der Waals surface area contributed by atoms with Crippen LogP contribution in [0.2, 0.25) is 0 Å². The average molecular weight is 286 g/mol. The Hall–Kier alpha value is -1.43. The molecule has 1 aromatic carbocycles. The number of methoxy groups -OCH3 is 1. The fourth-order valence-corrected chi connectivity index (χ4v) is 2.10. The fraction of sp³-hybridized carbons (Fsp3) is 0.462. The van der Waals surface area contributed by atoms with E-state index < -0.39 is 11.8 Å². The van der Waals surface area contributed by atoms with Gasteiger partial charge in [0.2, 0.25) is 0 Å².